The van der Waals surface area contributed by atoms with E-state index in [1.54, 1.807) is 6.07 Å². The molecule has 0 bridgehead atoms. The van der Waals surface area contributed by atoms with Crippen molar-refractivity contribution >= 4 is 17.3 Å². The Kier molecular flexibility index (Phi) is 3.77. The molecule has 0 fully saturated rings. The van der Waals surface area contributed by atoms with Crippen LogP contribution in [0.5, 0.6) is 0 Å². The summed E-state index contributed by atoms with van der Waals surface area (Å²) in [6.45, 7) is 0. The summed E-state index contributed by atoms with van der Waals surface area (Å²) in [6.07, 6.45) is 0. The van der Waals surface area contributed by atoms with Crippen molar-refractivity contribution in [1.82, 2.24) is 0 Å². The van der Waals surface area contributed by atoms with Crippen LogP contribution >= 0.6 is 11.6 Å². The molecular formula is C21H12ClNO3. The number of hydrogen-bond acceptors (Lipinski definition) is 3. The Morgan fingerprint density at radius 2 is 1.50 bits per heavy atom. The summed E-state index contributed by atoms with van der Waals surface area (Å²) >= 11 is 6.12. The Morgan fingerprint density at radius 1 is 0.923 bits per heavy atom. The van der Waals surface area contributed by atoms with E-state index in [4.69, 9.17) is 11.6 Å². The van der Waals surface area contributed by atoms with Crippen LogP contribution in [0.3, 0.4) is 0 Å². The zero-order chi connectivity index (χ0) is 18.3. The number of rotatable bonds is 1. The molecule has 0 heterocycles. The fourth-order valence-electron chi connectivity index (χ4n) is 3.29. The molecule has 1 N–H and O–H groups in total. The summed E-state index contributed by atoms with van der Waals surface area (Å²) < 4.78 is 0. The molecule has 126 valence electrons. The van der Waals surface area contributed by atoms with Gasteiger partial charge in [-0.2, -0.15) is 0 Å². The van der Waals surface area contributed by atoms with E-state index in [2.05, 4.69) is 11.8 Å². The Morgan fingerprint density at radius 3 is 2.08 bits per heavy atom. The summed E-state index contributed by atoms with van der Waals surface area (Å²) in [4.78, 5) is 10.7. The van der Waals surface area contributed by atoms with Crippen molar-refractivity contribution in [1.29, 1.82) is 0 Å². The van der Waals surface area contributed by atoms with Crippen molar-refractivity contribution in [2.24, 2.45) is 0 Å². The normalized spacial score (nSPS) is 13.3. The highest BCUT2D eigenvalue weighted by atomic mass is 35.5. The monoisotopic (exact) mass is 361 g/mol. The van der Waals surface area contributed by atoms with Gasteiger partial charge < -0.3 is 5.11 Å². The first-order chi connectivity index (χ1) is 12.5. The average molecular weight is 362 g/mol. The smallest absolute Gasteiger partial charge is 0.286 e. The number of hydrogen-bond donors (Lipinski definition) is 1. The first kappa shape index (κ1) is 16.3. The SMILES string of the molecule is O=[N+]([O-])c1cccc(Cl)c1C#CC1(O)c2ccccc2-c2ccccc21. The largest absolute Gasteiger partial charge is 0.369 e. The van der Waals surface area contributed by atoms with Crippen molar-refractivity contribution in [2.75, 3.05) is 0 Å². The molecule has 0 aliphatic heterocycles. The standard InChI is InChI=1S/C21H12ClNO3/c22-19-10-5-11-20(23(25)26)16(19)12-13-21(24)17-8-3-1-6-14(17)15-7-2-4-9-18(15)21/h1-11,24H. The predicted molar refractivity (Wildman–Crippen MR) is 99.9 cm³/mol. The number of nitro benzene ring substituents is 1. The molecule has 5 heteroatoms. The molecule has 26 heavy (non-hydrogen) atoms. The molecule has 4 rings (SSSR count). The molecule has 0 saturated heterocycles. The molecule has 1 aliphatic carbocycles. The lowest BCUT2D eigenvalue weighted by molar-refractivity contribution is -0.385. The van der Waals surface area contributed by atoms with Crippen molar-refractivity contribution in [3.05, 3.63) is 98.6 Å². The summed E-state index contributed by atoms with van der Waals surface area (Å²) in [6, 6.07) is 19.3. The maximum absolute atomic E-state index is 11.4. The number of halogens is 1. The van der Waals surface area contributed by atoms with E-state index < -0.39 is 10.5 Å². The van der Waals surface area contributed by atoms with Crippen LogP contribution in [-0.4, -0.2) is 10.0 Å². The molecule has 0 spiro atoms. The van der Waals surface area contributed by atoms with E-state index in [0.717, 1.165) is 11.1 Å². The molecular weight excluding hydrogens is 350 g/mol. The maximum Gasteiger partial charge on any atom is 0.286 e. The van der Waals surface area contributed by atoms with Gasteiger partial charge in [-0.1, -0.05) is 78.0 Å². The van der Waals surface area contributed by atoms with Crippen LogP contribution in [0.2, 0.25) is 5.02 Å². The molecule has 0 saturated carbocycles. The highest BCUT2D eigenvalue weighted by molar-refractivity contribution is 6.32. The van der Waals surface area contributed by atoms with Gasteiger partial charge >= 0.3 is 0 Å². The Bertz CT molecular complexity index is 1070. The minimum atomic E-state index is -1.56. The van der Waals surface area contributed by atoms with Crippen LogP contribution in [-0.2, 0) is 5.60 Å². The van der Waals surface area contributed by atoms with Crippen LogP contribution in [0, 0.1) is 22.0 Å². The molecule has 0 aromatic heterocycles. The first-order valence-corrected chi connectivity index (χ1v) is 8.28. The first-order valence-electron chi connectivity index (χ1n) is 7.90. The van der Waals surface area contributed by atoms with Crippen LogP contribution < -0.4 is 0 Å². The minimum absolute atomic E-state index is 0.0921. The number of benzene rings is 3. The van der Waals surface area contributed by atoms with Gasteiger partial charge in [0.05, 0.1) is 9.95 Å². The molecule has 0 atom stereocenters. The Balaban J connectivity index is 1.94. The number of aliphatic hydroxyl groups is 1. The zero-order valence-electron chi connectivity index (χ0n) is 13.4. The zero-order valence-corrected chi connectivity index (χ0v) is 14.2. The average Bonchev–Trinajstić information content (AvgIpc) is 2.91. The van der Waals surface area contributed by atoms with Gasteiger partial charge in [-0.25, -0.2) is 0 Å². The predicted octanol–water partition coefficient (Wildman–Crippen LogP) is 4.52. The quantitative estimate of drug-likeness (QED) is 0.394. The second kappa shape index (κ2) is 5.99. The lowest BCUT2D eigenvalue weighted by Gasteiger charge is -2.18. The minimum Gasteiger partial charge on any atom is -0.369 e. The molecule has 3 aromatic rings. The third-order valence-corrected chi connectivity index (χ3v) is 4.80. The molecule has 1 aliphatic rings. The lowest BCUT2D eigenvalue weighted by atomic mass is 9.91. The van der Waals surface area contributed by atoms with Gasteiger partial charge in [-0.3, -0.25) is 10.1 Å². The van der Waals surface area contributed by atoms with E-state index >= 15 is 0 Å². The second-order valence-corrected chi connectivity index (χ2v) is 6.35. The van der Waals surface area contributed by atoms with Gasteiger partial charge in [0, 0.05) is 17.2 Å². The summed E-state index contributed by atoms with van der Waals surface area (Å²) in [5.41, 5.74) is 1.46. The van der Waals surface area contributed by atoms with Crippen LogP contribution in [0.25, 0.3) is 11.1 Å². The topological polar surface area (TPSA) is 63.4 Å². The Hall–Kier alpha value is -3.13. The highest BCUT2D eigenvalue weighted by Crippen LogP contribution is 2.47. The highest BCUT2D eigenvalue weighted by Gasteiger charge is 2.40. The third-order valence-electron chi connectivity index (χ3n) is 4.48. The summed E-state index contributed by atoms with van der Waals surface area (Å²) in [7, 11) is 0. The lowest BCUT2D eigenvalue weighted by Crippen LogP contribution is -2.22. The number of fused-ring (bicyclic) bond motifs is 3. The second-order valence-electron chi connectivity index (χ2n) is 5.94. The van der Waals surface area contributed by atoms with E-state index in [1.165, 1.54) is 12.1 Å². The summed E-state index contributed by atoms with van der Waals surface area (Å²) in [5.74, 6) is 5.59. The van der Waals surface area contributed by atoms with Crippen molar-refractivity contribution in [3.8, 4) is 23.0 Å². The fraction of sp³-hybridized carbons (Fsp3) is 0.0476. The van der Waals surface area contributed by atoms with Gasteiger partial charge in [0.25, 0.3) is 5.69 Å². The van der Waals surface area contributed by atoms with Crippen LogP contribution in [0.1, 0.15) is 16.7 Å². The van der Waals surface area contributed by atoms with E-state index in [1.807, 2.05) is 48.5 Å². The molecule has 0 unspecified atom stereocenters. The Labute approximate surface area is 154 Å². The molecule has 0 amide bonds. The molecule has 3 aromatic carbocycles. The van der Waals surface area contributed by atoms with Gasteiger partial charge in [-0.05, 0) is 17.2 Å². The third kappa shape index (κ3) is 2.38. The fourth-order valence-corrected chi connectivity index (χ4v) is 3.51. The van der Waals surface area contributed by atoms with E-state index in [0.29, 0.717) is 11.1 Å². The van der Waals surface area contributed by atoms with Gasteiger partial charge in [0.1, 0.15) is 5.56 Å². The van der Waals surface area contributed by atoms with E-state index in [9.17, 15) is 15.2 Å². The molecule has 0 radical (unpaired) electrons. The molecule has 4 nitrogen and oxygen atoms in total. The maximum atomic E-state index is 11.4. The van der Waals surface area contributed by atoms with Crippen molar-refractivity contribution < 1.29 is 10.0 Å². The van der Waals surface area contributed by atoms with Gasteiger partial charge in [0.2, 0.25) is 0 Å². The number of nitro groups is 1. The van der Waals surface area contributed by atoms with Gasteiger partial charge in [-0.15, -0.1) is 0 Å². The number of nitrogens with zero attached hydrogens (tertiary/aromatic N) is 1. The van der Waals surface area contributed by atoms with Crippen LogP contribution in [0.4, 0.5) is 5.69 Å². The summed E-state index contributed by atoms with van der Waals surface area (Å²) in [5, 5.41) is 22.8. The van der Waals surface area contributed by atoms with Crippen molar-refractivity contribution in [2.45, 2.75) is 5.60 Å². The van der Waals surface area contributed by atoms with Gasteiger partial charge in [0.15, 0.2) is 5.60 Å². The van der Waals surface area contributed by atoms with Crippen molar-refractivity contribution in [3.63, 3.8) is 0 Å². The van der Waals surface area contributed by atoms with E-state index in [-0.39, 0.29) is 16.3 Å². The van der Waals surface area contributed by atoms with Crippen LogP contribution in [0.15, 0.2) is 66.7 Å².